The highest BCUT2D eigenvalue weighted by atomic mass is 16.6. The van der Waals surface area contributed by atoms with Crippen LogP contribution in [0.15, 0.2) is 0 Å². The summed E-state index contributed by atoms with van der Waals surface area (Å²) in [4.78, 5) is 4.90. The Morgan fingerprint density at radius 1 is 1.67 bits per heavy atom. The van der Waals surface area contributed by atoms with E-state index < -0.39 is 0 Å². The molecule has 0 aromatic carbocycles. The summed E-state index contributed by atoms with van der Waals surface area (Å²) in [5, 5.41) is 2.82. The zero-order valence-electron chi connectivity index (χ0n) is 3.49. The van der Waals surface area contributed by atoms with Gasteiger partial charge in [-0.05, 0) is 13.8 Å². The molecule has 0 heterocycles. The van der Waals surface area contributed by atoms with Gasteiger partial charge in [-0.15, -0.1) is 0 Å². The summed E-state index contributed by atoms with van der Waals surface area (Å²) < 4.78 is 0. The van der Waals surface area contributed by atoms with Crippen molar-refractivity contribution >= 4 is 7.98 Å². The van der Waals surface area contributed by atoms with Gasteiger partial charge in [0, 0.05) is 7.98 Å². The predicted octanol–water partition coefficient (Wildman–Crippen LogP) is -0.804. The summed E-state index contributed by atoms with van der Waals surface area (Å²) in [6.45, 7) is 4.02. The highest BCUT2D eigenvalue weighted by molar-refractivity contribution is 6.03. The maximum atomic E-state index is 4.90. The molecule has 2 nitrogen and oxygen atoms in total. The average Bonchev–Trinajstić information content (AvgIpc) is 1.35. The van der Waals surface area contributed by atoms with E-state index in [1.54, 1.807) is 0 Å². The van der Waals surface area contributed by atoms with Gasteiger partial charge in [-0.3, -0.25) is 0 Å². The molecule has 0 amide bonds. The highest BCUT2D eigenvalue weighted by Crippen LogP contribution is 1.77. The Hall–Kier alpha value is -0.0151. The highest BCUT2D eigenvalue weighted by Gasteiger charge is 1.81. The molecule has 0 aromatic heterocycles. The zero-order chi connectivity index (χ0) is 4.99. The van der Waals surface area contributed by atoms with E-state index >= 15 is 0 Å². The SMILES string of the molecule is [BH3-]NOC(C)C. The van der Waals surface area contributed by atoms with Crippen LogP contribution in [0.5, 0.6) is 0 Å². The molecular weight excluding hydrogens is 76.9 g/mol. The fraction of sp³-hybridized carbons (Fsp3) is 1.00. The molecule has 0 rings (SSSR count). The molecule has 0 unspecified atom stereocenters. The first-order valence-corrected chi connectivity index (χ1v) is 1.59. The van der Waals surface area contributed by atoms with E-state index in [-0.39, 0.29) is 7.98 Å². The molecule has 0 saturated heterocycles. The molecule has 0 atom stereocenters. The van der Waals surface area contributed by atoms with Gasteiger partial charge >= 0.3 is 0 Å². The van der Waals surface area contributed by atoms with Gasteiger partial charge in [0.2, 0.25) is 0 Å². The molecule has 0 saturated carbocycles. The molecule has 3 heteroatoms. The van der Waals surface area contributed by atoms with Gasteiger partial charge in [0.15, 0.2) is 0 Å². The van der Waals surface area contributed by atoms with E-state index in [0.29, 0.717) is 6.10 Å². The monoisotopic (exact) mass is 88.1 g/mol. The van der Waals surface area contributed by atoms with Crippen molar-refractivity contribution in [2.24, 2.45) is 0 Å². The molecule has 0 aliphatic heterocycles. The molecule has 0 fully saturated rings. The molecular formula is C3H11BNO-. The lowest BCUT2D eigenvalue weighted by atomic mass is 10.5. The minimum atomic E-state index is 0.246. The van der Waals surface area contributed by atoms with Gasteiger partial charge in [-0.25, -0.2) is 0 Å². The molecule has 0 aliphatic carbocycles. The smallest absolute Gasteiger partial charge is 0.0687 e. The Morgan fingerprint density at radius 3 is 2.17 bits per heavy atom. The maximum Gasteiger partial charge on any atom is 0.0687 e. The first-order valence-electron chi connectivity index (χ1n) is 1.59. The van der Waals surface area contributed by atoms with Crippen LogP contribution in [0.25, 0.3) is 0 Å². The van der Waals surface area contributed by atoms with Crippen LogP contribution in [-0.2, 0) is 4.84 Å². The summed E-state index contributed by atoms with van der Waals surface area (Å²) in [7, 11) is 0.246. The third-order valence-electron chi connectivity index (χ3n) is 0.236. The third kappa shape index (κ3) is 3.98. The van der Waals surface area contributed by atoms with E-state index in [2.05, 4.69) is 5.39 Å². The molecule has 0 aromatic rings. The van der Waals surface area contributed by atoms with Crippen LogP contribution in [0.2, 0.25) is 0 Å². The second kappa shape index (κ2) is 3.19. The van der Waals surface area contributed by atoms with E-state index in [0.717, 1.165) is 0 Å². The van der Waals surface area contributed by atoms with Gasteiger partial charge in [0.05, 0.1) is 6.10 Å². The molecule has 0 radical (unpaired) electrons. The van der Waals surface area contributed by atoms with Crippen LogP contribution in [-0.4, -0.2) is 14.1 Å². The van der Waals surface area contributed by atoms with Gasteiger partial charge < -0.3 is 10.2 Å². The van der Waals surface area contributed by atoms with Crippen molar-refractivity contribution in [3.05, 3.63) is 0 Å². The summed E-state index contributed by atoms with van der Waals surface area (Å²) in [6, 6.07) is 0. The number of hydrogen-bond acceptors (Lipinski definition) is 2. The second-order valence-electron chi connectivity index (χ2n) is 1.17. The number of rotatable bonds is 2. The number of nitrogens with one attached hydrogen (secondary N) is 1. The van der Waals surface area contributed by atoms with Gasteiger partial charge in [0.25, 0.3) is 0 Å². The Bertz CT molecular complexity index is 32.0. The number of hydrogen-bond donors (Lipinski definition) is 1. The standard InChI is InChI=1S/C3H11BNO/c1-3(2)6-5-4/h3,5H,1-2,4H3/q-1. The fourth-order valence-electron chi connectivity index (χ4n) is 0. The Labute approximate surface area is 39.3 Å². The van der Waals surface area contributed by atoms with Crippen molar-refractivity contribution < 1.29 is 4.84 Å². The largest absolute Gasteiger partial charge is 0.382 e. The molecule has 0 aliphatic rings. The van der Waals surface area contributed by atoms with Crippen LogP contribution in [0.3, 0.4) is 0 Å². The average molecular weight is 87.9 g/mol. The van der Waals surface area contributed by atoms with Crippen LogP contribution < -0.4 is 5.39 Å². The molecule has 38 valence electrons. The first kappa shape index (κ1) is 5.98. The Morgan fingerprint density at radius 2 is 2.17 bits per heavy atom. The summed E-state index contributed by atoms with van der Waals surface area (Å²) in [6.07, 6.45) is 0.350. The minimum Gasteiger partial charge on any atom is -0.382 e. The quantitative estimate of drug-likeness (QED) is 0.352. The van der Waals surface area contributed by atoms with E-state index in [1.165, 1.54) is 0 Å². The van der Waals surface area contributed by atoms with Crippen LogP contribution >= 0.6 is 0 Å². The molecule has 0 spiro atoms. The van der Waals surface area contributed by atoms with Gasteiger partial charge in [-0.2, -0.15) is 0 Å². The van der Waals surface area contributed by atoms with E-state index in [1.807, 2.05) is 13.8 Å². The minimum absolute atomic E-state index is 0.246. The lowest BCUT2D eigenvalue weighted by Crippen LogP contribution is -2.15. The lowest BCUT2D eigenvalue weighted by Gasteiger charge is -2.06. The van der Waals surface area contributed by atoms with Crippen LogP contribution in [0.1, 0.15) is 13.8 Å². The molecule has 1 N–H and O–H groups in total. The summed E-state index contributed by atoms with van der Waals surface area (Å²) in [5.74, 6) is 0. The predicted molar refractivity (Wildman–Crippen MR) is 29.3 cm³/mol. The fourth-order valence-corrected chi connectivity index (χ4v) is 0. The lowest BCUT2D eigenvalue weighted by molar-refractivity contribution is 0.0420. The maximum absolute atomic E-state index is 4.90. The molecule has 0 bridgehead atoms. The van der Waals surface area contributed by atoms with Crippen molar-refractivity contribution in [1.82, 2.24) is 5.39 Å². The van der Waals surface area contributed by atoms with Gasteiger partial charge in [-0.1, -0.05) is 0 Å². The Balaban J connectivity index is 2.63. The van der Waals surface area contributed by atoms with Crippen molar-refractivity contribution in [2.45, 2.75) is 20.0 Å². The van der Waals surface area contributed by atoms with Gasteiger partial charge in [0.1, 0.15) is 0 Å². The second-order valence-corrected chi connectivity index (χ2v) is 1.17. The topological polar surface area (TPSA) is 21.3 Å². The summed E-state index contributed by atoms with van der Waals surface area (Å²) >= 11 is 0. The Kier molecular flexibility index (Phi) is 3.18. The van der Waals surface area contributed by atoms with E-state index in [9.17, 15) is 0 Å². The first-order chi connectivity index (χ1) is 2.77. The van der Waals surface area contributed by atoms with Crippen molar-refractivity contribution in [1.29, 1.82) is 0 Å². The zero-order valence-corrected chi connectivity index (χ0v) is 3.49. The third-order valence-corrected chi connectivity index (χ3v) is 0.236. The van der Waals surface area contributed by atoms with Crippen molar-refractivity contribution in [3.8, 4) is 0 Å². The normalized spacial score (nSPS) is 10.0. The van der Waals surface area contributed by atoms with Crippen LogP contribution in [0.4, 0.5) is 0 Å². The van der Waals surface area contributed by atoms with Crippen molar-refractivity contribution in [3.63, 3.8) is 0 Å². The molecule has 6 heavy (non-hydrogen) atoms. The van der Waals surface area contributed by atoms with E-state index in [4.69, 9.17) is 4.84 Å². The van der Waals surface area contributed by atoms with Crippen molar-refractivity contribution in [2.75, 3.05) is 0 Å². The summed E-state index contributed by atoms with van der Waals surface area (Å²) in [5.41, 5.74) is 0. The van der Waals surface area contributed by atoms with Crippen LogP contribution in [0, 0.1) is 0 Å².